The SMILES string of the molecule is Cc1cc(C)n2ccc(C(=O)NC3CCCC4(CCCCO4)C3)c2n1. The van der Waals surface area contributed by atoms with Crippen molar-refractivity contribution in [3.8, 4) is 0 Å². The molecule has 1 aliphatic carbocycles. The highest BCUT2D eigenvalue weighted by molar-refractivity contribution is 6.00. The van der Waals surface area contributed by atoms with Crippen molar-refractivity contribution in [1.29, 1.82) is 0 Å². The fourth-order valence-electron chi connectivity index (χ4n) is 4.55. The Kier molecular flexibility index (Phi) is 4.28. The van der Waals surface area contributed by atoms with Crippen molar-refractivity contribution in [1.82, 2.24) is 14.7 Å². The first-order valence-corrected chi connectivity index (χ1v) is 9.46. The van der Waals surface area contributed by atoms with Crippen molar-refractivity contribution in [2.24, 2.45) is 0 Å². The lowest BCUT2D eigenvalue weighted by Gasteiger charge is -2.43. The normalized spacial score (nSPS) is 26.9. The van der Waals surface area contributed by atoms with Crippen LogP contribution in [-0.2, 0) is 4.74 Å². The van der Waals surface area contributed by atoms with E-state index < -0.39 is 0 Å². The molecule has 3 heterocycles. The van der Waals surface area contributed by atoms with Gasteiger partial charge in [0.15, 0.2) is 0 Å². The van der Waals surface area contributed by atoms with E-state index in [1.807, 2.05) is 36.6 Å². The molecule has 2 aliphatic rings. The summed E-state index contributed by atoms with van der Waals surface area (Å²) in [7, 11) is 0. The van der Waals surface area contributed by atoms with Crippen molar-refractivity contribution < 1.29 is 9.53 Å². The van der Waals surface area contributed by atoms with Crippen LogP contribution < -0.4 is 5.32 Å². The lowest BCUT2D eigenvalue weighted by atomic mass is 9.77. The largest absolute Gasteiger partial charge is 0.375 e. The molecule has 1 saturated heterocycles. The molecule has 2 aromatic heterocycles. The predicted octanol–water partition coefficient (Wildman–Crippen LogP) is 3.56. The standard InChI is InChI=1S/C20H27N3O2/c1-14-12-15(2)23-10-7-17(18(23)21-14)19(24)22-16-6-5-9-20(13-16)8-3-4-11-25-20/h7,10,12,16H,3-6,8-9,11,13H2,1-2H3,(H,22,24). The van der Waals surface area contributed by atoms with Crippen LogP contribution in [0.15, 0.2) is 18.3 Å². The zero-order chi connectivity index (χ0) is 17.4. The maximum absolute atomic E-state index is 12.9. The topological polar surface area (TPSA) is 55.6 Å². The molecule has 2 atom stereocenters. The molecule has 1 amide bonds. The van der Waals surface area contributed by atoms with Gasteiger partial charge >= 0.3 is 0 Å². The van der Waals surface area contributed by atoms with E-state index in [-0.39, 0.29) is 17.6 Å². The van der Waals surface area contributed by atoms with Gasteiger partial charge in [-0.25, -0.2) is 4.98 Å². The van der Waals surface area contributed by atoms with Gasteiger partial charge in [-0.3, -0.25) is 4.79 Å². The van der Waals surface area contributed by atoms with Crippen LogP contribution in [0.25, 0.3) is 5.65 Å². The third kappa shape index (κ3) is 3.17. The minimum Gasteiger partial charge on any atom is -0.375 e. The number of hydrogen-bond donors (Lipinski definition) is 1. The highest BCUT2D eigenvalue weighted by Gasteiger charge is 2.39. The summed E-state index contributed by atoms with van der Waals surface area (Å²) in [6.07, 6.45) is 9.71. The van der Waals surface area contributed by atoms with Crippen LogP contribution in [0.4, 0.5) is 0 Å². The van der Waals surface area contributed by atoms with Crippen LogP contribution in [0, 0.1) is 13.8 Å². The molecule has 2 aromatic rings. The van der Waals surface area contributed by atoms with Crippen molar-refractivity contribution in [2.75, 3.05) is 6.61 Å². The Hall–Kier alpha value is -1.88. The second-order valence-corrected chi connectivity index (χ2v) is 7.72. The van der Waals surface area contributed by atoms with Gasteiger partial charge in [-0.05, 0) is 70.9 Å². The molecule has 0 radical (unpaired) electrons. The average Bonchev–Trinajstić information content (AvgIpc) is 3.00. The summed E-state index contributed by atoms with van der Waals surface area (Å²) in [6, 6.07) is 4.10. The van der Waals surface area contributed by atoms with E-state index in [1.165, 1.54) is 12.8 Å². The molecule has 0 aromatic carbocycles. The number of nitrogens with one attached hydrogen (secondary N) is 1. The van der Waals surface area contributed by atoms with E-state index >= 15 is 0 Å². The lowest BCUT2D eigenvalue weighted by Crippen LogP contribution is -2.48. The highest BCUT2D eigenvalue weighted by Crippen LogP contribution is 2.38. The van der Waals surface area contributed by atoms with E-state index in [4.69, 9.17) is 4.74 Å². The van der Waals surface area contributed by atoms with Gasteiger partial charge in [0, 0.05) is 30.2 Å². The van der Waals surface area contributed by atoms with Gasteiger partial charge in [0.1, 0.15) is 5.65 Å². The number of amides is 1. The fraction of sp³-hybridized carbons (Fsp3) is 0.600. The molecule has 5 nitrogen and oxygen atoms in total. The van der Waals surface area contributed by atoms with Crippen molar-refractivity contribution in [3.05, 3.63) is 35.3 Å². The summed E-state index contributed by atoms with van der Waals surface area (Å²) in [6.45, 7) is 4.87. The first kappa shape index (κ1) is 16.6. The molecular weight excluding hydrogens is 314 g/mol. The first-order chi connectivity index (χ1) is 12.1. The zero-order valence-corrected chi connectivity index (χ0v) is 15.2. The van der Waals surface area contributed by atoms with E-state index in [1.54, 1.807) is 0 Å². The number of rotatable bonds is 2. The molecular formula is C20H27N3O2. The van der Waals surface area contributed by atoms with Gasteiger partial charge in [0.05, 0.1) is 11.2 Å². The Morgan fingerprint density at radius 2 is 2.16 bits per heavy atom. The fourth-order valence-corrected chi connectivity index (χ4v) is 4.55. The lowest BCUT2D eigenvalue weighted by molar-refractivity contribution is -0.104. The van der Waals surface area contributed by atoms with Crippen LogP contribution in [0.5, 0.6) is 0 Å². The second-order valence-electron chi connectivity index (χ2n) is 7.72. The molecule has 2 unspecified atom stereocenters. The average molecular weight is 341 g/mol. The number of carbonyl (C=O) groups excluding carboxylic acids is 1. The minimum absolute atomic E-state index is 0.00269. The van der Waals surface area contributed by atoms with Crippen LogP contribution in [0.1, 0.15) is 66.7 Å². The third-order valence-electron chi connectivity index (χ3n) is 5.76. The predicted molar refractivity (Wildman–Crippen MR) is 96.9 cm³/mol. The van der Waals surface area contributed by atoms with Crippen LogP contribution >= 0.6 is 0 Å². The summed E-state index contributed by atoms with van der Waals surface area (Å²) < 4.78 is 8.12. The maximum atomic E-state index is 12.9. The zero-order valence-electron chi connectivity index (χ0n) is 15.2. The van der Waals surface area contributed by atoms with Crippen LogP contribution in [0.2, 0.25) is 0 Å². The number of hydrogen-bond acceptors (Lipinski definition) is 3. The van der Waals surface area contributed by atoms with Crippen molar-refractivity contribution in [2.45, 2.75) is 70.4 Å². The molecule has 0 bridgehead atoms. The molecule has 1 spiro atoms. The minimum atomic E-state index is -0.0159. The summed E-state index contributed by atoms with van der Waals surface area (Å²) in [5.41, 5.74) is 3.44. The molecule has 1 aliphatic heterocycles. The van der Waals surface area contributed by atoms with Gasteiger partial charge < -0.3 is 14.5 Å². The van der Waals surface area contributed by atoms with E-state index in [0.29, 0.717) is 5.56 Å². The quantitative estimate of drug-likeness (QED) is 0.908. The molecule has 5 heteroatoms. The molecule has 25 heavy (non-hydrogen) atoms. The monoisotopic (exact) mass is 341 g/mol. The Bertz CT molecular complexity index is 784. The number of aryl methyl sites for hydroxylation is 2. The maximum Gasteiger partial charge on any atom is 0.255 e. The van der Waals surface area contributed by atoms with Crippen LogP contribution in [-0.4, -0.2) is 33.5 Å². The van der Waals surface area contributed by atoms with Crippen molar-refractivity contribution >= 4 is 11.6 Å². The molecule has 2 fully saturated rings. The second kappa shape index (κ2) is 6.45. The van der Waals surface area contributed by atoms with E-state index in [2.05, 4.69) is 10.3 Å². The number of ether oxygens (including phenoxy) is 1. The summed E-state index contributed by atoms with van der Waals surface area (Å²) in [5, 5.41) is 3.25. The molecule has 134 valence electrons. The van der Waals surface area contributed by atoms with Crippen LogP contribution in [0.3, 0.4) is 0 Å². The number of fused-ring (bicyclic) bond motifs is 1. The number of nitrogens with zero attached hydrogens (tertiary/aromatic N) is 2. The van der Waals surface area contributed by atoms with Gasteiger partial charge in [-0.1, -0.05) is 0 Å². The molecule has 1 N–H and O–H groups in total. The Balaban J connectivity index is 1.52. The summed E-state index contributed by atoms with van der Waals surface area (Å²) >= 11 is 0. The van der Waals surface area contributed by atoms with E-state index in [9.17, 15) is 4.79 Å². The van der Waals surface area contributed by atoms with Crippen molar-refractivity contribution in [3.63, 3.8) is 0 Å². The highest BCUT2D eigenvalue weighted by atomic mass is 16.5. The molecule has 4 rings (SSSR count). The Morgan fingerprint density at radius 3 is 2.96 bits per heavy atom. The number of aromatic nitrogens is 2. The van der Waals surface area contributed by atoms with Gasteiger partial charge in [-0.2, -0.15) is 0 Å². The first-order valence-electron chi connectivity index (χ1n) is 9.46. The summed E-state index contributed by atoms with van der Waals surface area (Å²) in [5.74, 6) is -0.0159. The van der Waals surface area contributed by atoms with Gasteiger partial charge in [0.25, 0.3) is 5.91 Å². The third-order valence-corrected chi connectivity index (χ3v) is 5.76. The summed E-state index contributed by atoms with van der Waals surface area (Å²) in [4.78, 5) is 17.4. The van der Waals surface area contributed by atoms with E-state index in [0.717, 1.165) is 55.7 Å². The Morgan fingerprint density at radius 1 is 1.32 bits per heavy atom. The molecule has 1 saturated carbocycles. The number of carbonyl (C=O) groups is 1. The smallest absolute Gasteiger partial charge is 0.255 e. The van der Waals surface area contributed by atoms with Gasteiger partial charge in [-0.15, -0.1) is 0 Å². The Labute approximate surface area is 148 Å². The van der Waals surface area contributed by atoms with Gasteiger partial charge in [0.2, 0.25) is 0 Å².